The zero-order chi connectivity index (χ0) is 21.7. The third kappa shape index (κ3) is 3.71. The molecule has 2 aromatic rings. The zero-order valence-electron chi connectivity index (χ0n) is 17.6. The number of pyridine rings is 1. The molecule has 1 amide bonds. The SMILES string of the molecule is CC1(C)OB(c2cc(C(=O)N[C@H]3CCOC[C@@H]3O)nc3c(F)cccc23)OC1(C)C. The Morgan fingerprint density at radius 3 is 2.63 bits per heavy atom. The number of carbonyl (C=O) groups is 1. The molecule has 160 valence electrons. The van der Waals surface area contributed by atoms with Gasteiger partial charge in [-0.1, -0.05) is 12.1 Å². The van der Waals surface area contributed by atoms with Crippen molar-refractivity contribution in [1.29, 1.82) is 0 Å². The maximum absolute atomic E-state index is 14.6. The molecule has 1 aromatic heterocycles. The molecule has 2 atom stereocenters. The van der Waals surface area contributed by atoms with Crippen LogP contribution in [-0.2, 0) is 14.0 Å². The Hall–Kier alpha value is -2.07. The first-order valence-electron chi connectivity index (χ1n) is 10.1. The Morgan fingerprint density at radius 1 is 1.27 bits per heavy atom. The minimum atomic E-state index is -0.803. The maximum atomic E-state index is 14.6. The van der Waals surface area contributed by atoms with Crippen molar-refractivity contribution in [2.24, 2.45) is 0 Å². The van der Waals surface area contributed by atoms with Crippen LogP contribution in [0.3, 0.4) is 0 Å². The second-order valence-electron chi connectivity index (χ2n) is 8.83. The van der Waals surface area contributed by atoms with Crippen LogP contribution in [-0.4, -0.2) is 59.7 Å². The van der Waals surface area contributed by atoms with Crippen LogP contribution in [0.15, 0.2) is 24.3 Å². The fraction of sp³-hybridized carbons (Fsp3) is 0.524. The molecule has 0 aliphatic carbocycles. The Labute approximate surface area is 175 Å². The first kappa shape index (κ1) is 21.2. The molecule has 0 bridgehead atoms. The second-order valence-corrected chi connectivity index (χ2v) is 8.83. The first-order chi connectivity index (χ1) is 14.1. The minimum Gasteiger partial charge on any atom is -0.399 e. The van der Waals surface area contributed by atoms with Crippen LogP contribution in [0.2, 0.25) is 0 Å². The summed E-state index contributed by atoms with van der Waals surface area (Å²) in [5, 5.41) is 13.4. The molecule has 1 aromatic carbocycles. The molecule has 0 spiro atoms. The smallest absolute Gasteiger partial charge is 0.399 e. The molecule has 2 N–H and O–H groups in total. The van der Waals surface area contributed by atoms with E-state index in [0.717, 1.165) is 0 Å². The van der Waals surface area contributed by atoms with Gasteiger partial charge in [0.25, 0.3) is 5.91 Å². The Kier molecular flexibility index (Phi) is 5.34. The number of para-hydroxylation sites is 1. The van der Waals surface area contributed by atoms with E-state index < -0.39 is 42.2 Å². The monoisotopic (exact) mass is 416 g/mol. The van der Waals surface area contributed by atoms with Gasteiger partial charge in [-0.15, -0.1) is 0 Å². The van der Waals surface area contributed by atoms with Crippen molar-refractivity contribution in [3.63, 3.8) is 0 Å². The number of benzene rings is 1. The highest BCUT2D eigenvalue weighted by Gasteiger charge is 2.52. The summed E-state index contributed by atoms with van der Waals surface area (Å²) in [5.41, 5.74) is -0.529. The number of fused-ring (bicyclic) bond motifs is 1. The molecular formula is C21H26BFN2O5. The molecule has 0 unspecified atom stereocenters. The largest absolute Gasteiger partial charge is 0.495 e. The Balaban J connectivity index is 1.73. The van der Waals surface area contributed by atoms with Gasteiger partial charge < -0.3 is 24.5 Å². The minimum absolute atomic E-state index is 0.0380. The predicted octanol–water partition coefficient (Wildman–Crippen LogP) is 1.55. The normalized spacial score (nSPS) is 25.5. The highest BCUT2D eigenvalue weighted by Crippen LogP contribution is 2.37. The van der Waals surface area contributed by atoms with Crippen molar-refractivity contribution in [3.05, 3.63) is 35.8 Å². The van der Waals surface area contributed by atoms with E-state index in [1.807, 2.05) is 27.7 Å². The van der Waals surface area contributed by atoms with E-state index >= 15 is 0 Å². The number of ether oxygens (including phenoxy) is 1. The van der Waals surface area contributed by atoms with E-state index in [9.17, 15) is 14.3 Å². The molecule has 3 heterocycles. The standard InChI is InChI=1S/C21H26BFN2O5/c1-20(2)21(3,4)30-22(29-20)13-10-16(24-18-12(13)6-5-7-14(18)23)19(27)25-15-8-9-28-11-17(15)26/h5-7,10,15,17,26H,8-9,11H2,1-4H3,(H,25,27)/t15-,17-/m0/s1. The molecular weight excluding hydrogens is 390 g/mol. The van der Waals surface area contributed by atoms with Crippen molar-refractivity contribution in [2.75, 3.05) is 13.2 Å². The number of aliphatic hydroxyl groups excluding tert-OH is 1. The van der Waals surface area contributed by atoms with Gasteiger partial charge in [-0.2, -0.15) is 0 Å². The van der Waals surface area contributed by atoms with Gasteiger partial charge in [-0.25, -0.2) is 9.37 Å². The van der Waals surface area contributed by atoms with Gasteiger partial charge in [-0.05, 0) is 51.7 Å². The topological polar surface area (TPSA) is 89.9 Å². The summed E-state index contributed by atoms with van der Waals surface area (Å²) in [4.78, 5) is 17.2. The summed E-state index contributed by atoms with van der Waals surface area (Å²) in [5.74, 6) is -1.03. The molecule has 0 saturated carbocycles. The van der Waals surface area contributed by atoms with Crippen LogP contribution in [0.5, 0.6) is 0 Å². The number of nitrogens with one attached hydrogen (secondary N) is 1. The quantitative estimate of drug-likeness (QED) is 0.739. The summed E-state index contributed by atoms with van der Waals surface area (Å²) < 4.78 is 32.1. The number of aromatic nitrogens is 1. The third-order valence-corrected chi connectivity index (χ3v) is 6.20. The predicted molar refractivity (Wildman–Crippen MR) is 110 cm³/mol. The Morgan fingerprint density at radius 2 is 1.97 bits per heavy atom. The molecule has 4 rings (SSSR count). The van der Waals surface area contributed by atoms with Crippen molar-refractivity contribution in [3.8, 4) is 0 Å². The van der Waals surface area contributed by atoms with Crippen LogP contribution < -0.4 is 10.8 Å². The van der Waals surface area contributed by atoms with Crippen molar-refractivity contribution >= 4 is 29.4 Å². The number of amides is 1. The number of hydrogen-bond acceptors (Lipinski definition) is 6. The number of carbonyl (C=O) groups excluding carboxylic acids is 1. The molecule has 9 heteroatoms. The van der Waals surface area contributed by atoms with E-state index in [-0.39, 0.29) is 17.8 Å². The number of hydrogen-bond donors (Lipinski definition) is 2. The molecule has 2 aliphatic rings. The van der Waals surface area contributed by atoms with Crippen LogP contribution in [0, 0.1) is 5.82 Å². The molecule has 2 fully saturated rings. The van der Waals surface area contributed by atoms with Crippen LogP contribution in [0.4, 0.5) is 4.39 Å². The van der Waals surface area contributed by atoms with E-state index in [4.69, 9.17) is 14.0 Å². The lowest BCUT2D eigenvalue weighted by molar-refractivity contribution is -0.0261. The maximum Gasteiger partial charge on any atom is 0.495 e. The van der Waals surface area contributed by atoms with Crippen LogP contribution in [0.1, 0.15) is 44.6 Å². The molecule has 0 radical (unpaired) electrons. The average molecular weight is 416 g/mol. The number of nitrogens with zero attached hydrogens (tertiary/aromatic N) is 1. The number of halogens is 1. The number of aliphatic hydroxyl groups is 1. The van der Waals surface area contributed by atoms with Gasteiger partial charge in [0.2, 0.25) is 0 Å². The fourth-order valence-corrected chi connectivity index (χ4v) is 3.65. The van der Waals surface area contributed by atoms with E-state index in [1.165, 1.54) is 6.07 Å². The van der Waals surface area contributed by atoms with Crippen molar-refractivity contribution in [1.82, 2.24) is 10.3 Å². The molecule has 2 aliphatic heterocycles. The fourth-order valence-electron chi connectivity index (χ4n) is 3.65. The van der Waals surface area contributed by atoms with Crippen molar-refractivity contribution < 1.29 is 28.3 Å². The van der Waals surface area contributed by atoms with Gasteiger partial charge in [0.1, 0.15) is 17.0 Å². The highest BCUT2D eigenvalue weighted by atomic mass is 19.1. The van der Waals surface area contributed by atoms with Gasteiger partial charge in [0.15, 0.2) is 0 Å². The lowest BCUT2D eigenvalue weighted by atomic mass is 9.76. The summed E-state index contributed by atoms with van der Waals surface area (Å²) in [6.45, 7) is 8.31. The molecule has 30 heavy (non-hydrogen) atoms. The van der Waals surface area contributed by atoms with Crippen LogP contribution >= 0.6 is 0 Å². The van der Waals surface area contributed by atoms with E-state index in [2.05, 4.69) is 10.3 Å². The first-order valence-corrected chi connectivity index (χ1v) is 10.1. The summed E-state index contributed by atoms with van der Waals surface area (Å²) in [6, 6.07) is 5.74. The zero-order valence-corrected chi connectivity index (χ0v) is 17.6. The Bertz CT molecular complexity index is 967. The summed E-state index contributed by atoms with van der Waals surface area (Å²) >= 11 is 0. The lowest BCUT2D eigenvalue weighted by Crippen LogP contribution is -2.49. The molecule has 2 saturated heterocycles. The van der Waals surface area contributed by atoms with Gasteiger partial charge in [0.05, 0.1) is 30.0 Å². The van der Waals surface area contributed by atoms with E-state index in [1.54, 1.807) is 18.2 Å². The average Bonchev–Trinajstić information content (AvgIpc) is 2.90. The van der Waals surface area contributed by atoms with Crippen LogP contribution in [0.25, 0.3) is 10.9 Å². The van der Waals surface area contributed by atoms with Gasteiger partial charge in [-0.3, -0.25) is 4.79 Å². The molecule has 7 nitrogen and oxygen atoms in total. The van der Waals surface area contributed by atoms with Gasteiger partial charge >= 0.3 is 7.12 Å². The second kappa shape index (κ2) is 7.57. The highest BCUT2D eigenvalue weighted by molar-refractivity contribution is 6.65. The number of rotatable bonds is 3. The third-order valence-electron chi connectivity index (χ3n) is 6.20. The summed E-state index contributed by atoms with van der Waals surface area (Å²) in [6.07, 6.45) is -0.318. The van der Waals surface area contributed by atoms with E-state index in [0.29, 0.717) is 23.9 Å². The van der Waals surface area contributed by atoms with Gasteiger partial charge in [0, 0.05) is 12.0 Å². The lowest BCUT2D eigenvalue weighted by Gasteiger charge is -2.32. The van der Waals surface area contributed by atoms with Crippen molar-refractivity contribution in [2.45, 2.75) is 57.5 Å². The summed E-state index contributed by atoms with van der Waals surface area (Å²) in [7, 11) is -0.775.